The molecule has 0 aliphatic heterocycles. The van der Waals surface area contributed by atoms with E-state index in [-0.39, 0.29) is 42.0 Å². The molecule has 36 heavy (non-hydrogen) atoms. The van der Waals surface area contributed by atoms with Crippen LogP contribution in [0.2, 0.25) is 0 Å². The van der Waals surface area contributed by atoms with Gasteiger partial charge < -0.3 is 25.2 Å². The zero-order valence-corrected chi connectivity index (χ0v) is 22.9. The van der Waals surface area contributed by atoms with Crippen LogP contribution in [0, 0.1) is 34.5 Å². The summed E-state index contributed by atoms with van der Waals surface area (Å²) >= 11 is 0. The fourth-order valence-corrected chi connectivity index (χ4v) is 8.70. The van der Waals surface area contributed by atoms with Crippen LogP contribution in [-0.4, -0.2) is 62.3 Å². The maximum Gasteiger partial charge on any atom is 0.159 e. The smallest absolute Gasteiger partial charge is 0.159 e. The molecule has 0 aromatic heterocycles. The van der Waals surface area contributed by atoms with Crippen LogP contribution in [-0.2, 0) is 9.53 Å². The molecule has 2 unspecified atom stereocenters. The number of ether oxygens (including phenoxy) is 1. The Labute approximate surface area is 216 Å². The molecule has 0 radical (unpaired) electrons. The van der Waals surface area contributed by atoms with Gasteiger partial charge in [0.25, 0.3) is 0 Å². The summed E-state index contributed by atoms with van der Waals surface area (Å²) < 4.78 is 6.22. The predicted octanol–water partition coefficient (Wildman–Crippen LogP) is 3.95. The van der Waals surface area contributed by atoms with Gasteiger partial charge in [-0.3, -0.25) is 4.79 Å². The van der Waals surface area contributed by atoms with Crippen LogP contribution in [0.15, 0.2) is 24.3 Å². The third-order valence-electron chi connectivity index (χ3n) is 10.9. The SMILES string of the molecule is C=CCO[C@H](CCC(C)(C)O)[C@@H](C)C1CC[C@@]2(O)C3=CC(=O)[C@@H]4C[C@@H](O)[C@@H](O)C[C@]4(C)C3CC[C@]12C. The van der Waals surface area contributed by atoms with Gasteiger partial charge in [-0.1, -0.05) is 26.8 Å². The monoisotopic (exact) mass is 504 g/mol. The van der Waals surface area contributed by atoms with Gasteiger partial charge in [-0.2, -0.15) is 0 Å². The van der Waals surface area contributed by atoms with Gasteiger partial charge in [0.05, 0.1) is 36.1 Å². The lowest BCUT2D eigenvalue weighted by Crippen LogP contribution is -2.61. The Hall–Kier alpha value is -1.05. The zero-order valence-electron chi connectivity index (χ0n) is 22.9. The number of carbonyl (C=O) groups is 1. The molecular weight excluding hydrogens is 456 g/mol. The summed E-state index contributed by atoms with van der Waals surface area (Å²) in [6.07, 6.45) is 6.90. The van der Waals surface area contributed by atoms with Gasteiger partial charge in [0, 0.05) is 11.3 Å². The normalized spacial score (nSPS) is 44.2. The van der Waals surface area contributed by atoms with Crippen LogP contribution in [0.4, 0.5) is 0 Å². The summed E-state index contributed by atoms with van der Waals surface area (Å²) in [7, 11) is 0. The Morgan fingerprint density at radius 1 is 1.19 bits per heavy atom. The van der Waals surface area contributed by atoms with Crippen LogP contribution < -0.4 is 0 Å². The molecule has 6 heteroatoms. The molecule has 204 valence electrons. The number of aliphatic hydroxyl groups is 4. The molecule has 0 amide bonds. The van der Waals surface area contributed by atoms with Crippen molar-refractivity contribution >= 4 is 5.78 Å². The first-order valence-electron chi connectivity index (χ1n) is 14.0. The summed E-state index contributed by atoms with van der Waals surface area (Å²) in [5.74, 6) is 0.0732. The van der Waals surface area contributed by atoms with Gasteiger partial charge in [0.2, 0.25) is 0 Å². The summed E-state index contributed by atoms with van der Waals surface area (Å²) in [6, 6.07) is 0. The maximum absolute atomic E-state index is 13.4. The Bertz CT molecular complexity index is 890. The summed E-state index contributed by atoms with van der Waals surface area (Å²) in [4.78, 5) is 13.4. The number of hydrogen-bond acceptors (Lipinski definition) is 6. The Morgan fingerprint density at radius 2 is 1.89 bits per heavy atom. The van der Waals surface area contributed by atoms with Crippen molar-refractivity contribution in [2.24, 2.45) is 34.5 Å². The fourth-order valence-electron chi connectivity index (χ4n) is 8.70. The third kappa shape index (κ3) is 4.45. The summed E-state index contributed by atoms with van der Waals surface area (Å²) in [5, 5.41) is 43.6. The van der Waals surface area contributed by atoms with Crippen LogP contribution >= 0.6 is 0 Å². The lowest BCUT2D eigenvalue weighted by molar-refractivity contribution is -0.155. The van der Waals surface area contributed by atoms with Crippen molar-refractivity contribution in [3.05, 3.63) is 24.3 Å². The highest BCUT2D eigenvalue weighted by atomic mass is 16.5. The molecule has 0 aromatic rings. The molecule has 0 saturated heterocycles. The minimum atomic E-state index is -1.07. The molecular formula is C30H48O6. The first-order valence-corrected chi connectivity index (χ1v) is 14.0. The molecule has 0 aromatic carbocycles. The topological polar surface area (TPSA) is 107 Å². The average Bonchev–Trinajstić information content (AvgIpc) is 3.06. The van der Waals surface area contributed by atoms with Crippen LogP contribution in [0.1, 0.15) is 86.0 Å². The highest BCUT2D eigenvalue weighted by Crippen LogP contribution is 2.68. The van der Waals surface area contributed by atoms with Crippen LogP contribution in [0.25, 0.3) is 0 Å². The van der Waals surface area contributed by atoms with Crippen LogP contribution in [0.3, 0.4) is 0 Å². The molecule has 10 atom stereocenters. The average molecular weight is 505 g/mol. The van der Waals surface area contributed by atoms with Gasteiger partial charge in [-0.05, 0) is 100 Å². The molecule has 4 aliphatic rings. The van der Waals surface area contributed by atoms with Crippen molar-refractivity contribution in [2.45, 2.75) is 115 Å². The summed E-state index contributed by atoms with van der Waals surface area (Å²) in [6.45, 7) is 14.4. The van der Waals surface area contributed by atoms with E-state index in [4.69, 9.17) is 4.74 Å². The molecule has 0 spiro atoms. The van der Waals surface area contributed by atoms with E-state index in [9.17, 15) is 25.2 Å². The quantitative estimate of drug-likeness (QED) is 0.373. The van der Waals surface area contributed by atoms with E-state index in [2.05, 4.69) is 27.4 Å². The summed E-state index contributed by atoms with van der Waals surface area (Å²) in [5.41, 5.74) is -1.83. The highest BCUT2D eigenvalue weighted by molar-refractivity contribution is 5.95. The van der Waals surface area contributed by atoms with Crippen LogP contribution in [0.5, 0.6) is 0 Å². The molecule has 4 rings (SSSR count). The van der Waals surface area contributed by atoms with E-state index in [0.717, 1.165) is 31.3 Å². The van der Waals surface area contributed by atoms with Crippen molar-refractivity contribution in [3.63, 3.8) is 0 Å². The lowest BCUT2D eigenvalue weighted by atomic mass is 9.46. The Morgan fingerprint density at radius 3 is 2.53 bits per heavy atom. The predicted molar refractivity (Wildman–Crippen MR) is 139 cm³/mol. The van der Waals surface area contributed by atoms with Crippen molar-refractivity contribution in [2.75, 3.05) is 6.61 Å². The highest BCUT2D eigenvalue weighted by Gasteiger charge is 2.67. The molecule has 4 aliphatic carbocycles. The van der Waals surface area contributed by atoms with Gasteiger partial charge in [-0.25, -0.2) is 0 Å². The molecule has 3 fully saturated rings. The number of rotatable bonds is 8. The lowest BCUT2D eigenvalue weighted by Gasteiger charge is -2.60. The van der Waals surface area contributed by atoms with E-state index < -0.39 is 34.2 Å². The second-order valence-electron chi connectivity index (χ2n) is 13.5. The second-order valence-corrected chi connectivity index (χ2v) is 13.5. The number of ketones is 1. The Kier molecular flexibility index (Phi) is 7.46. The molecule has 4 N–H and O–H groups in total. The van der Waals surface area contributed by atoms with E-state index in [1.807, 2.05) is 13.8 Å². The van der Waals surface area contributed by atoms with Gasteiger partial charge >= 0.3 is 0 Å². The maximum atomic E-state index is 13.4. The van der Waals surface area contributed by atoms with E-state index in [1.54, 1.807) is 12.2 Å². The zero-order chi connectivity index (χ0) is 26.7. The minimum Gasteiger partial charge on any atom is -0.390 e. The largest absolute Gasteiger partial charge is 0.390 e. The second kappa shape index (κ2) is 9.60. The first kappa shape index (κ1) is 28.0. The van der Waals surface area contributed by atoms with Gasteiger partial charge in [0.15, 0.2) is 5.78 Å². The number of hydrogen-bond donors (Lipinski definition) is 4. The van der Waals surface area contributed by atoms with E-state index in [1.165, 1.54) is 0 Å². The number of carbonyl (C=O) groups excluding carboxylic acids is 1. The number of allylic oxidation sites excluding steroid dienone is 1. The van der Waals surface area contributed by atoms with Crippen molar-refractivity contribution < 1.29 is 30.0 Å². The third-order valence-corrected chi connectivity index (χ3v) is 10.9. The molecule has 0 bridgehead atoms. The number of aliphatic hydroxyl groups excluding tert-OH is 2. The first-order chi connectivity index (χ1) is 16.7. The van der Waals surface area contributed by atoms with Crippen molar-refractivity contribution in [3.8, 4) is 0 Å². The Balaban J connectivity index is 1.64. The van der Waals surface area contributed by atoms with E-state index >= 15 is 0 Å². The van der Waals surface area contributed by atoms with E-state index in [0.29, 0.717) is 25.9 Å². The molecule has 0 heterocycles. The number of fused-ring (bicyclic) bond motifs is 5. The molecule has 3 saturated carbocycles. The van der Waals surface area contributed by atoms with Gasteiger partial charge in [0.1, 0.15) is 0 Å². The fraction of sp³-hybridized carbons (Fsp3) is 0.833. The van der Waals surface area contributed by atoms with Crippen molar-refractivity contribution in [1.29, 1.82) is 0 Å². The minimum absolute atomic E-state index is 0.0127. The standard InChI is InChI=1S/C30H48O6/c1-7-14-36-26(10-11-27(3,4)34)18(2)19-9-13-30(35)21-15-23(31)22-16-24(32)25(33)17-28(22,5)20(21)8-12-29(19,30)6/h7,15,18-20,22,24-26,32-35H,1,8-14,16-17H2,2-6H3/t18-,19?,20?,22-,24+,25-,26+,28+,29+,30+/m0/s1. The van der Waals surface area contributed by atoms with Crippen molar-refractivity contribution in [1.82, 2.24) is 0 Å². The molecule has 6 nitrogen and oxygen atoms in total. The van der Waals surface area contributed by atoms with Gasteiger partial charge in [-0.15, -0.1) is 6.58 Å².